The number of rotatable bonds is 4. The van der Waals surface area contributed by atoms with E-state index >= 15 is 0 Å². The molecular formula is C27H17N3S2. The zero-order valence-electron chi connectivity index (χ0n) is 17.0. The molecule has 6 aromatic rings. The van der Waals surface area contributed by atoms with E-state index in [1.807, 2.05) is 48.7 Å². The molecule has 4 heterocycles. The number of hydrogen-bond acceptors (Lipinski definition) is 5. The maximum atomic E-state index is 5.26. The van der Waals surface area contributed by atoms with Gasteiger partial charge in [0.2, 0.25) is 0 Å². The Bertz CT molecular complexity index is 1380. The van der Waals surface area contributed by atoms with Gasteiger partial charge in [-0.05, 0) is 22.9 Å². The van der Waals surface area contributed by atoms with Crippen molar-refractivity contribution in [3.05, 3.63) is 102 Å². The number of aromatic nitrogens is 3. The number of benzene rings is 2. The minimum atomic E-state index is 0.830. The van der Waals surface area contributed by atoms with Crippen molar-refractivity contribution in [2.45, 2.75) is 0 Å². The van der Waals surface area contributed by atoms with Crippen LogP contribution in [0.15, 0.2) is 102 Å². The molecule has 0 spiro atoms. The Balaban J connectivity index is 1.74. The van der Waals surface area contributed by atoms with Gasteiger partial charge in [-0.3, -0.25) is 4.98 Å². The summed E-state index contributed by atoms with van der Waals surface area (Å²) in [5, 5.41) is 4.15. The SMILES string of the molecule is c1ccc(-c2nc3c(-c4cccs4)cnc(-c4cccs4)c3nc2-c2ccccc2)cc1. The van der Waals surface area contributed by atoms with E-state index in [1.165, 1.54) is 0 Å². The first-order chi connectivity index (χ1) is 15.9. The summed E-state index contributed by atoms with van der Waals surface area (Å²) >= 11 is 3.36. The van der Waals surface area contributed by atoms with Crippen LogP contribution in [0, 0.1) is 0 Å². The Labute approximate surface area is 193 Å². The van der Waals surface area contributed by atoms with Crippen LogP contribution < -0.4 is 0 Å². The average Bonchev–Trinajstić information content (AvgIpc) is 3.58. The number of nitrogens with zero attached hydrogens (tertiary/aromatic N) is 3. The second kappa shape index (κ2) is 8.11. The van der Waals surface area contributed by atoms with Crippen molar-refractivity contribution in [2.75, 3.05) is 0 Å². The standard InChI is InChI=1S/C27H17N3S2/c1-3-9-18(10-4-1)23-24(19-11-5-2-6-12-19)30-27-25(29-23)20(21-13-7-15-31-21)17-28-26(27)22-14-8-16-32-22/h1-17H. The number of thiophene rings is 2. The molecule has 0 aliphatic rings. The highest BCUT2D eigenvalue weighted by atomic mass is 32.1. The summed E-state index contributed by atoms with van der Waals surface area (Å²) in [5.74, 6) is 0. The van der Waals surface area contributed by atoms with Crippen molar-refractivity contribution in [3.63, 3.8) is 0 Å². The van der Waals surface area contributed by atoms with Gasteiger partial charge in [-0.15, -0.1) is 22.7 Å². The molecule has 2 aromatic carbocycles. The lowest BCUT2D eigenvalue weighted by molar-refractivity contribution is 1.26. The van der Waals surface area contributed by atoms with Gasteiger partial charge >= 0.3 is 0 Å². The first-order valence-corrected chi connectivity index (χ1v) is 12.0. The molecule has 0 atom stereocenters. The molecule has 0 saturated heterocycles. The maximum absolute atomic E-state index is 5.26. The summed E-state index contributed by atoms with van der Waals surface area (Å²) < 4.78 is 0. The molecule has 5 heteroatoms. The monoisotopic (exact) mass is 447 g/mol. The lowest BCUT2D eigenvalue weighted by Gasteiger charge is -2.14. The van der Waals surface area contributed by atoms with E-state index in [4.69, 9.17) is 15.0 Å². The zero-order chi connectivity index (χ0) is 21.3. The van der Waals surface area contributed by atoms with Crippen LogP contribution in [0.25, 0.3) is 54.6 Å². The van der Waals surface area contributed by atoms with Crippen LogP contribution in [0.1, 0.15) is 0 Å². The van der Waals surface area contributed by atoms with E-state index in [9.17, 15) is 0 Å². The normalized spacial score (nSPS) is 11.1. The van der Waals surface area contributed by atoms with Crippen molar-refractivity contribution < 1.29 is 0 Å². The minimum Gasteiger partial charge on any atom is -0.252 e. The highest BCUT2D eigenvalue weighted by Gasteiger charge is 2.20. The third-order valence-electron chi connectivity index (χ3n) is 5.33. The van der Waals surface area contributed by atoms with Crippen molar-refractivity contribution in [1.82, 2.24) is 15.0 Å². The van der Waals surface area contributed by atoms with Crippen LogP contribution in [-0.4, -0.2) is 15.0 Å². The fourth-order valence-corrected chi connectivity index (χ4v) is 5.30. The van der Waals surface area contributed by atoms with Gasteiger partial charge in [0.15, 0.2) is 0 Å². The molecule has 0 bridgehead atoms. The van der Waals surface area contributed by atoms with E-state index < -0.39 is 0 Å². The Morgan fingerprint density at radius 2 is 1.06 bits per heavy atom. The Morgan fingerprint density at radius 3 is 1.62 bits per heavy atom. The molecule has 0 N–H and O–H groups in total. The van der Waals surface area contributed by atoms with Crippen molar-refractivity contribution in [3.8, 4) is 43.5 Å². The van der Waals surface area contributed by atoms with Crippen LogP contribution in [-0.2, 0) is 0 Å². The summed E-state index contributed by atoms with van der Waals surface area (Å²) in [5.41, 5.74) is 7.44. The van der Waals surface area contributed by atoms with Gasteiger partial charge in [0.25, 0.3) is 0 Å². The van der Waals surface area contributed by atoms with Gasteiger partial charge in [0.05, 0.1) is 16.3 Å². The fourth-order valence-electron chi connectivity index (χ4n) is 3.84. The molecule has 3 nitrogen and oxygen atoms in total. The molecule has 0 aliphatic carbocycles. The first kappa shape index (κ1) is 19.0. The van der Waals surface area contributed by atoms with Crippen LogP contribution in [0.3, 0.4) is 0 Å². The smallest absolute Gasteiger partial charge is 0.117 e. The van der Waals surface area contributed by atoms with Crippen LogP contribution in [0.5, 0.6) is 0 Å². The van der Waals surface area contributed by atoms with Gasteiger partial charge in [0, 0.05) is 27.8 Å². The predicted octanol–water partition coefficient (Wildman–Crippen LogP) is 7.82. The molecule has 0 unspecified atom stereocenters. The molecule has 32 heavy (non-hydrogen) atoms. The zero-order valence-corrected chi connectivity index (χ0v) is 18.6. The Kier molecular flexibility index (Phi) is 4.83. The van der Waals surface area contributed by atoms with Crippen molar-refractivity contribution in [1.29, 1.82) is 0 Å². The average molecular weight is 448 g/mol. The molecular weight excluding hydrogens is 430 g/mol. The number of hydrogen-bond donors (Lipinski definition) is 0. The second-order valence-electron chi connectivity index (χ2n) is 7.33. The highest BCUT2D eigenvalue weighted by molar-refractivity contribution is 7.14. The summed E-state index contributed by atoms with van der Waals surface area (Å²) in [6.45, 7) is 0. The van der Waals surface area contributed by atoms with Gasteiger partial charge in [-0.25, -0.2) is 9.97 Å². The van der Waals surface area contributed by atoms with Crippen LogP contribution in [0.2, 0.25) is 0 Å². The van der Waals surface area contributed by atoms with Gasteiger partial charge in [-0.2, -0.15) is 0 Å². The van der Waals surface area contributed by atoms with Gasteiger partial charge in [0.1, 0.15) is 16.7 Å². The lowest BCUT2D eigenvalue weighted by Crippen LogP contribution is -1.99. The van der Waals surface area contributed by atoms with Crippen molar-refractivity contribution >= 4 is 33.7 Å². The highest BCUT2D eigenvalue weighted by Crippen LogP contribution is 2.39. The topological polar surface area (TPSA) is 38.7 Å². The van der Waals surface area contributed by atoms with E-state index in [0.717, 1.165) is 54.6 Å². The summed E-state index contributed by atoms with van der Waals surface area (Å²) in [6.07, 6.45) is 1.94. The van der Waals surface area contributed by atoms with E-state index in [1.54, 1.807) is 22.7 Å². The Morgan fingerprint density at radius 1 is 0.500 bits per heavy atom. The summed E-state index contributed by atoms with van der Waals surface area (Å²) in [6, 6.07) is 28.9. The van der Waals surface area contributed by atoms with E-state index in [-0.39, 0.29) is 0 Å². The van der Waals surface area contributed by atoms with Crippen LogP contribution in [0.4, 0.5) is 0 Å². The van der Waals surface area contributed by atoms with Gasteiger partial charge < -0.3 is 0 Å². The maximum Gasteiger partial charge on any atom is 0.117 e. The minimum absolute atomic E-state index is 0.830. The molecule has 0 radical (unpaired) electrons. The second-order valence-corrected chi connectivity index (χ2v) is 9.22. The predicted molar refractivity (Wildman–Crippen MR) is 135 cm³/mol. The first-order valence-electron chi connectivity index (χ1n) is 10.3. The largest absolute Gasteiger partial charge is 0.252 e. The van der Waals surface area contributed by atoms with E-state index in [2.05, 4.69) is 53.2 Å². The van der Waals surface area contributed by atoms with Gasteiger partial charge in [-0.1, -0.05) is 72.8 Å². The lowest BCUT2D eigenvalue weighted by atomic mass is 10.0. The van der Waals surface area contributed by atoms with Crippen LogP contribution >= 0.6 is 22.7 Å². The molecule has 0 fully saturated rings. The molecule has 0 aliphatic heterocycles. The molecule has 0 amide bonds. The summed E-state index contributed by atoms with van der Waals surface area (Å²) in [7, 11) is 0. The van der Waals surface area contributed by atoms with E-state index in [0.29, 0.717) is 0 Å². The summed E-state index contributed by atoms with van der Waals surface area (Å²) in [4.78, 5) is 17.6. The quantitative estimate of drug-likeness (QED) is 0.276. The third-order valence-corrected chi connectivity index (χ3v) is 7.11. The molecule has 6 rings (SSSR count). The Hall–Kier alpha value is -3.67. The number of pyridine rings is 1. The molecule has 4 aromatic heterocycles. The molecule has 0 saturated carbocycles. The number of fused-ring (bicyclic) bond motifs is 1. The third kappa shape index (κ3) is 3.32. The van der Waals surface area contributed by atoms with Crippen molar-refractivity contribution in [2.24, 2.45) is 0 Å². The molecule has 152 valence electrons. The fraction of sp³-hybridized carbons (Fsp3) is 0.